The van der Waals surface area contributed by atoms with Gasteiger partial charge in [0.1, 0.15) is 0 Å². The molecule has 0 spiro atoms. The molecule has 0 radical (unpaired) electrons. The van der Waals surface area contributed by atoms with Gasteiger partial charge in [-0.05, 0) is 31.0 Å². The number of nitrogens with one attached hydrogen (secondary N) is 1. The van der Waals surface area contributed by atoms with E-state index < -0.39 is 0 Å². The van der Waals surface area contributed by atoms with Crippen LogP contribution in [0.2, 0.25) is 5.02 Å². The van der Waals surface area contributed by atoms with Crippen LogP contribution in [0.15, 0.2) is 38.5 Å². The molecule has 0 atom stereocenters. The maximum Gasteiger partial charge on any atom is 0.332 e. The summed E-state index contributed by atoms with van der Waals surface area (Å²) in [6, 6.07) is 5.73. The number of aryl methyl sites for hydroxylation is 3. The number of thioether (sulfide) groups is 1. The predicted molar refractivity (Wildman–Crippen MR) is 125 cm³/mol. The van der Waals surface area contributed by atoms with Crippen LogP contribution in [0.5, 0.6) is 0 Å². The number of halogens is 1. The molecule has 0 saturated carbocycles. The molecule has 0 unspecified atom stereocenters. The molecular weight excluding hydrogens is 458 g/mol. The molecule has 31 heavy (non-hydrogen) atoms. The van der Waals surface area contributed by atoms with Crippen molar-refractivity contribution in [3.8, 4) is 0 Å². The standard InChI is InChI=1S/C19H20ClN7O2S2/c1-11-5-6-12(9-13(11)20)22-17-23-24-18(31-17)30-8-4-7-27-16(28)14-15(21-10-25(14)2)26(3)19(27)29/h5-6,9-10H,4,7-8H2,1-3H3,(H,22,23). The second-order valence-corrected chi connectivity index (χ2v) is 9.72. The molecule has 9 nitrogen and oxygen atoms in total. The Balaban J connectivity index is 1.38. The molecule has 0 amide bonds. The highest BCUT2D eigenvalue weighted by Crippen LogP contribution is 2.29. The van der Waals surface area contributed by atoms with Crippen molar-refractivity contribution in [1.29, 1.82) is 0 Å². The summed E-state index contributed by atoms with van der Waals surface area (Å²) in [4.78, 5) is 29.4. The molecule has 0 aliphatic heterocycles. The molecule has 162 valence electrons. The monoisotopic (exact) mass is 477 g/mol. The number of fused-ring (bicyclic) bond motifs is 1. The minimum Gasteiger partial charge on any atom is -0.330 e. The number of imidazole rings is 1. The lowest BCUT2D eigenvalue weighted by Crippen LogP contribution is -2.39. The molecule has 0 fully saturated rings. The molecule has 0 aliphatic carbocycles. The van der Waals surface area contributed by atoms with Crippen LogP contribution in [0, 0.1) is 6.92 Å². The van der Waals surface area contributed by atoms with E-state index in [4.69, 9.17) is 11.6 Å². The fourth-order valence-corrected chi connectivity index (χ4v) is 5.04. The first-order chi connectivity index (χ1) is 14.8. The summed E-state index contributed by atoms with van der Waals surface area (Å²) >= 11 is 9.13. The van der Waals surface area contributed by atoms with Crippen LogP contribution in [-0.4, -0.2) is 34.6 Å². The van der Waals surface area contributed by atoms with Gasteiger partial charge in [-0.25, -0.2) is 9.78 Å². The van der Waals surface area contributed by atoms with E-state index in [1.165, 1.54) is 38.6 Å². The van der Waals surface area contributed by atoms with E-state index in [0.29, 0.717) is 40.0 Å². The number of anilines is 2. The van der Waals surface area contributed by atoms with Gasteiger partial charge in [-0.1, -0.05) is 40.8 Å². The van der Waals surface area contributed by atoms with E-state index >= 15 is 0 Å². The third kappa shape index (κ3) is 4.39. The van der Waals surface area contributed by atoms with Crippen LogP contribution < -0.4 is 16.6 Å². The van der Waals surface area contributed by atoms with Crippen LogP contribution in [0.25, 0.3) is 11.2 Å². The van der Waals surface area contributed by atoms with Crippen molar-refractivity contribution in [3.63, 3.8) is 0 Å². The van der Waals surface area contributed by atoms with Gasteiger partial charge in [-0.15, -0.1) is 10.2 Å². The third-order valence-corrected chi connectivity index (χ3v) is 7.25. The van der Waals surface area contributed by atoms with Gasteiger partial charge in [0.25, 0.3) is 5.56 Å². The molecular formula is C19H20ClN7O2S2. The number of aromatic nitrogens is 6. The van der Waals surface area contributed by atoms with Gasteiger partial charge >= 0.3 is 5.69 Å². The van der Waals surface area contributed by atoms with Gasteiger partial charge < -0.3 is 9.88 Å². The summed E-state index contributed by atoms with van der Waals surface area (Å²) < 4.78 is 5.12. The zero-order valence-corrected chi connectivity index (χ0v) is 19.5. The van der Waals surface area contributed by atoms with Crippen molar-refractivity contribution in [3.05, 3.63) is 56.0 Å². The van der Waals surface area contributed by atoms with Gasteiger partial charge in [-0.2, -0.15) is 0 Å². The quantitative estimate of drug-likeness (QED) is 0.322. The average Bonchev–Trinajstić information content (AvgIpc) is 3.35. The Bertz CT molecular complexity index is 1370. The molecule has 4 aromatic rings. The first kappa shape index (κ1) is 21.6. The van der Waals surface area contributed by atoms with E-state index in [1.807, 2.05) is 25.1 Å². The molecule has 12 heteroatoms. The fraction of sp³-hybridized carbons (Fsp3) is 0.316. The van der Waals surface area contributed by atoms with Crippen molar-refractivity contribution in [2.75, 3.05) is 11.1 Å². The van der Waals surface area contributed by atoms with Crippen molar-refractivity contribution in [2.24, 2.45) is 14.1 Å². The van der Waals surface area contributed by atoms with E-state index in [9.17, 15) is 9.59 Å². The van der Waals surface area contributed by atoms with Crippen LogP contribution in [0.3, 0.4) is 0 Å². The van der Waals surface area contributed by atoms with Gasteiger partial charge in [0.15, 0.2) is 15.5 Å². The molecule has 3 heterocycles. The van der Waals surface area contributed by atoms with E-state index in [2.05, 4.69) is 20.5 Å². The maximum absolute atomic E-state index is 12.7. The Morgan fingerprint density at radius 1 is 1.23 bits per heavy atom. The van der Waals surface area contributed by atoms with Crippen molar-refractivity contribution in [1.82, 2.24) is 28.9 Å². The zero-order valence-electron chi connectivity index (χ0n) is 17.1. The van der Waals surface area contributed by atoms with Gasteiger partial charge in [-0.3, -0.25) is 13.9 Å². The Labute approximate surface area is 190 Å². The highest BCUT2D eigenvalue weighted by atomic mass is 35.5. The number of rotatable bonds is 7. The molecule has 0 bridgehead atoms. The lowest BCUT2D eigenvalue weighted by Gasteiger charge is -2.08. The van der Waals surface area contributed by atoms with Crippen molar-refractivity contribution < 1.29 is 0 Å². The summed E-state index contributed by atoms with van der Waals surface area (Å²) in [6.07, 6.45) is 2.18. The largest absolute Gasteiger partial charge is 0.332 e. The summed E-state index contributed by atoms with van der Waals surface area (Å²) in [5.41, 5.74) is 2.00. The summed E-state index contributed by atoms with van der Waals surface area (Å²) in [6.45, 7) is 2.27. The fourth-order valence-electron chi connectivity index (χ4n) is 3.09. The Morgan fingerprint density at radius 2 is 2.03 bits per heavy atom. The third-order valence-electron chi connectivity index (χ3n) is 4.78. The van der Waals surface area contributed by atoms with Crippen LogP contribution >= 0.6 is 34.7 Å². The minimum atomic E-state index is -0.361. The number of nitrogens with zero attached hydrogens (tertiary/aromatic N) is 6. The lowest BCUT2D eigenvalue weighted by molar-refractivity contribution is 0.594. The first-order valence-electron chi connectivity index (χ1n) is 9.45. The average molecular weight is 478 g/mol. The van der Waals surface area contributed by atoms with Gasteiger partial charge in [0, 0.05) is 37.1 Å². The summed E-state index contributed by atoms with van der Waals surface area (Å²) in [7, 11) is 3.37. The first-order valence-corrected chi connectivity index (χ1v) is 11.6. The van der Waals surface area contributed by atoms with Gasteiger partial charge in [0.05, 0.1) is 6.33 Å². The Morgan fingerprint density at radius 3 is 2.81 bits per heavy atom. The second kappa shape index (κ2) is 8.85. The molecule has 0 aliphatic rings. The smallest absolute Gasteiger partial charge is 0.330 e. The maximum atomic E-state index is 12.7. The van der Waals surface area contributed by atoms with E-state index in [0.717, 1.165) is 15.6 Å². The number of hydrogen-bond acceptors (Lipinski definition) is 8. The SMILES string of the molecule is Cc1ccc(Nc2nnc(SCCCn3c(=O)c4c(ncn4C)n(C)c3=O)s2)cc1Cl. The van der Waals surface area contributed by atoms with Crippen molar-refractivity contribution >= 4 is 56.7 Å². The predicted octanol–water partition coefficient (Wildman–Crippen LogP) is 3.17. The lowest BCUT2D eigenvalue weighted by atomic mass is 10.2. The Kier molecular flexibility index (Phi) is 6.17. The van der Waals surface area contributed by atoms with Crippen LogP contribution in [0.1, 0.15) is 12.0 Å². The molecule has 3 aromatic heterocycles. The molecule has 0 saturated heterocycles. The van der Waals surface area contributed by atoms with E-state index in [1.54, 1.807) is 18.7 Å². The summed E-state index contributed by atoms with van der Waals surface area (Å²) in [5, 5.41) is 12.9. The molecule has 1 N–H and O–H groups in total. The number of benzene rings is 1. The number of hydrogen-bond donors (Lipinski definition) is 1. The second-order valence-electron chi connectivity index (χ2n) is 6.99. The van der Waals surface area contributed by atoms with Crippen LogP contribution in [0.4, 0.5) is 10.8 Å². The summed E-state index contributed by atoms with van der Waals surface area (Å²) in [5.74, 6) is 0.698. The zero-order chi connectivity index (χ0) is 22.1. The van der Waals surface area contributed by atoms with Gasteiger partial charge in [0.2, 0.25) is 5.13 Å². The Hall–Kier alpha value is -2.63. The molecule has 1 aromatic carbocycles. The van der Waals surface area contributed by atoms with Crippen LogP contribution in [-0.2, 0) is 20.6 Å². The van der Waals surface area contributed by atoms with Crippen molar-refractivity contribution in [2.45, 2.75) is 24.2 Å². The molecule has 4 rings (SSSR count). The van der Waals surface area contributed by atoms with E-state index in [-0.39, 0.29) is 11.2 Å². The highest BCUT2D eigenvalue weighted by molar-refractivity contribution is 8.01. The minimum absolute atomic E-state index is 0.317. The normalized spacial score (nSPS) is 11.4. The highest BCUT2D eigenvalue weighted by Gasteiger charge is 2.14. The topological polar surface area (TPSA) is 99.6 Å².